The van der Waals surface area contributed by atoms with Gasteiger partial charge in [-0.05, 0) is 93.1 Å². The van der Waals surface area contributed by atoms with Gasteiger partial charge in [-0.1, -0.05) is 12.1 Å². The maximum atomic E-state index is 14.2. The predicted octanol–water partition coefficient (Wildman–Crippen LogP) is 3.65. The zero-order valence-electron chi connectivity index (χ0n) is 21.9. The molecule has 8 nitrogen and oxygen atoms in total. The minimum atomic E-state index is -0.589. The number of benzene rings is 2. The number of likely N-dealkylation sites (N-methyl/N-ethyl adjacent to an activating group) is 1. The normalized spacial score (nSPS) is 19.9. The maximum absolute atomic E-state index is 14.2. The highest BCUT2D eigenvalue weighted by atomic mass is 16.5. The number of anilines is 1. The van der Waals surface area contributed by atoms with Crippen LogP contribution in [0.2, 0.25) is 0 Å². The number of primary amides is 1. The van der Waals surface area contributed by atoms with Gasteiger partial charge in [0.25, 0.3) is 11.8 Å². The van der Waals surface area contributed by atoms with E-state index >= 15 is 0 Å². The molecule has 3 aromatic rings. The summed E-state index contributed by atoms with van der Waals surface area (Å²) in [6.45, 7) is 2.20. The fraction of sp³-hybridized carbons (Fsp3) is 0.433. The Morgan fingerprint density at radius 2 is 1.89 bits per heavy atom. The van der Waals surface area contributed by atoms with Crippen LogP contribution < -0.4 is 15.4 Å². The number of aromatic nitrogens is 2. The molecule has 1 unspecified atom stereocenters. The molecule has 2 fully saturated rings. The van der Waals surface area contributed by atoms with Crippen LogP contribution in [0.4, 0.5) is 5.69 Å². The summed E-state index contributed by atoms with van der Waals surface area (Å²) in [5, 5.41) is 4.64. The molecule has 0 saturated heterocycles. The van der Waals surface area contributed by atoms with Gasteiger partial charge < -0.3 is 20.3 Å². The SMILES string of the molecule is CN(C)CC(c1ccc(N2CC3(CC3)c3c(C(N)=O)nn(-c4ccc5c(c4)CCO5)c3C2=O)cc1)C1CC1. The molecule has 1 spiro atoms. The Morgan fingerprint density at radius 1 is 1.16 bits per heavy atom. The highest BCUT2D eigenvalue weighted by molar-refractivity contribution is 6.10. The number of fused-ring (bicyclic) bond motifs is 3. The molecular weight excluding hydrogens is 478 g/mol. The van der Waals surface area contributed by atoms with Crippen LogP contribution >= 0.6 is 0 Å². The molecule has 196 valence electrons. The van der Waals surface area contributed by atoms with E-state index in [0.29, 0.717) is 24.8 Å². The number of nitrogens with two attached hydrogens (primary N) is 1. The van der Waals surface area contributed by atoms with E-state index in [1.165, 1.54) is 18.4 Å². The minimum Gasteiger partial charge on any atom is -0.493 e. The van der Waals surface area contributed by atoms with Crippen LogP contribution in [-0.4, -0.2) is 60.3 Å². The van der Waals surface area contributed by atoms with Crippen LogP contribution in [0.3, 0.4) is 0 Å². The summed E-state index contributed by atoms with van der Waals surface area (Å²) in [5.74, 6) is 1.38. The molecule has 2 N–H and O–H groups in total. The maximum Gasteiger partial charge on any atom is 0.277 e. The van der Waals surface area contributed by atoms with Gasteiger partial charge in [-0.15, -0.1) is 0 Å². The molecule has 1 atom stereocenters. The van der Waals surface area contributed by atoms with E-state index < -0.39 is 5.91 Å². The van der Waals surface area contributed by atoms with Crippen molar-refractivity contribution in [3.63, 3.8) is 0 Å². The van der Waals surface area contributed by atoms with Crippen molar-refractivity contribution in [2.24, 2.45) is 11.7 Å². The lowest BCUT2D eigenvalue weighted by atomic mass is 9.87. The molecule has 0 bridgehead atoms. The quantitative estimate of drug-likeness (QED) is 0.523. The molecule has 2 aromatic carbocycles. The highest BCUT2D eigenvalue weighted by Crippen LogP contribution is 2.54. The lowest BCUT2D eigenvalue weighted by Crippen LogP contribution is -2.44. The fourth-order valence-corrected chi connectivity index (χ4v) is 6.45. The van der Waals surface area contributed by atoms with Crippen LogP contribution in [0.15, 0.2) is 42.5 Å². The standard InChI is InChI=1S/C30H33N5O3/c1-33(2)16-23(18-3-4-18)19-5-7-21(8-6-19)34-17-30(12-13-30)25-26(28(31)36)32-35(27(25)29(34)37)22-9-10-24-20(15-22)11-14-38-24/h5-10,15,18,23H,3-4,11-14,16-17H2,1-2H3,(H2,31,36). The van der Waals surface area contributed by atoms with Crippen molar-refractivity contribution in [3.8, 4) is 11.4 Å². The molecule has 8 heteroatoms. The molecular formula is C30H33N5O3. The van der Waals surface area contributed by atoms with Crippen molar-refractivity contribution < 1.29 is 14.3 Å². The molecule has 2 aliphatic heterocycles. The second-order valence-electron chi connectivity index (χ2n) is 11.7. The number of hydrogen-bond donors (Lipinski definition) is 1. The Labute approximate surface area is 222 Å². The second-order valence-corrected chi connectivity index (χ2v) is 11.7. The molecule has 38 heavy (non-hydrogen) atoms. The van der Waals surface area contributed by atoms with Gasteiger partial charge in [-0.2, -0.15) is 5.10 Å². The van der Waals surface area contributed by atoms with Crippen LogP contribution in [0.5, 0.6) is 5.75 Å². The third kappa shape index (κ3) is 3.73. The smallest absolute Gasteiger partial charge is 0.277 e. The Morgan fingerprint density at radius 3 is 2.55 bits per heavy atom. The molecule has 4 aliphatic rings. The van der Waals surface area contributed by atoms with E-state index in [0.717, 1.165) is 60.0 Å². The van der Waals surface area contributed by atoms with Gasteiger partial charge in [0.1, 0.15) is 11.4 Å². The second kappa shape index (κ2) is 8.43. The summed E-state index contributed by atoms with van der Waals surface area (Å²) < 4.78 is 7.31. The number of ether oxygens (including phenoxy) is 1. The summed E-state index contributed by atoms with van der Waals surface area (Å²) in [6, 6.07) is 14.4. The highest BCUT2D eigenvalue weighted by Gasteiger charge is 2.56. The van der Waals surface area contributed by atoms with Crippen molar-refractivity contribution in [1.29, 1.82) is 0 Å². The molecule has 2 amide bonds. The molecule has 3 heterocycles. The van der Waals surface area contributed by atoms with Gasteiger partial charge in [0.2, 0.25) is 0 Å². The van der Waals surface area contributed by atoms with E-state index in [2.05, 4.69) is 48.4 Å². The van der Waals surface area contributed by atoms with Gasteiger partial charge >= 0.3 is 0 Å². The summed E-state index contributed by atoms with van der Waals surface area (Å²) >= 11 is 0. The molecule has 1 aromatic heterocycles. The van der Waals surface area contributed by atoms with Gasteiger partial charge in [0.15, 0.2) is 5.69 Å². The van der Waals surface area contributed by atoms with Crippen LogP contribution in [-0.2, 0) is 11.8 Å². The van der Waals surface area contributed by atoms with Gasteiger partial charge in [0.05, 0.1) is 12.3 Å². The Balaban J connectivity index is 1.29. The summed E-state index contributed by atoms with van der Waals surface area (Å²) in [4.78, 5) is 30.8. The van der Waals surface area contributed by atoms with Crippen molar-refractivity contribution >= 4 is 17.5 Å². The first kappa shape index (κ1) is 23.5. The number of hydrogen-bond acceptors (Lipinski definition) is 5. The van der Waals surface area contributed by atoms with Crippen molar-refractivity contribution in [2.45, 2.75) is 43.4 Å². The number of carbonyl (C=O) groups is 2. The average molecular weight is 512 g/mol. The number of amides is 2. The zero-order valence-corrected chi connectivity index (χ0v) is 21.9. The monoisotopic (exact) mass is 511 g/mol. The van der Waals surface area contributed by atoms with Gasteiger partial charge in [-0.25, -0.2) is 4.68 Å². The molecule has 0 radical (unpaired) electrons. The Kier molecular flexibility index (Phi) is 5.20. The fourth-order valence-electron chi connectivity index (χ4n) is 6.45. The molecule has 2 aliphatic carbocycles. The lowest BCUT2D eigenvalue weighted by Gasteiger charge is -2.34. The molecule has 7 rings (SSSR count). The first-order chi connectivity index (χ1) is 18.3. The summed E-state index contributed by atoms with van der Waals surface area (Å²) in [7, 11) is 4.25. The van der Waals surface area contributed by atoms with Gasteiger partial charge in [0, 0.05) is 36.2 Å². The zero-order chi connectivity index (χ0) is 26.2. The van der Waals surface area contributed by atoms with E-state index in [1.807, 2.05) is 23.1 Å². The molecule has 2 saturated carbocycles. The minimum absolute atomic E-state index is 0.144. The Bertz CT molecular complexity index is 1450. The lowest BCUT2D eigenvalue weighted by molar-refractivity contribution is 0.0966. The summed E-state index contributed by atoms with van der Waals surface area (Å²) in [6.07, 6.45) is 5.19. The predicted molar refractivity (Wildman–Crippen MR) is 144 cm³/mol. The van der Waals surface area contributed by atoms with E-state index in [1.54, 1.807) is 4.68 Å². The van der Waals surface area contributed by atoms with E-state index in [-0.39, 0.29) is 17.0 Å². The van der Waals surface area contributed by atoms with Gasteiger partial charge in [-0.3, -0.25) is 9.59 Å². The van der Waals surface area contributed by atoms with Crippen molar-refractivity contribution in [3.05, 3.63) is 70.5 Å². The first-order valence-electron chi connectivity index (χ1n) is 13.6. The third-order valence-electron chi connectivity index (χ3n) is 8.71. The largest absolute Gasteiger partial charge is 0.493 e. The van der Waals surface area contributed by atoms with Crippen molar-refractivity contribution in [2.75, 3.05) is 38.7 Å². The first-order valence-corrected chi connectivity index (χ1v) is 13.6. The topological polar surface area (TPSA) is 93.7 Å². The van der Waals surface area contributed by atoms with Crippen molar-refractivity contribution in [1.82, 2.24) is 14.7 Å². The average Bonchev–Trinajstić information content (AvgIpc) is 3.80. The van der Waals surface area contributed by atoms with Crippen LogP contribution in [0.1, 0.15) is 69.3 Å². The summed E-state index contributed by atoms with van der Waals surface area (Å²) in [5.41, 5.74) is 10.9. The number of carbonyl (C=O) groups excluding carboxylic acids is 2. The van der Waals surface area contributed by atoms with E-state index in [9.17, 15) is 9.59 Å². The van der Waals surface area contributed by atoms with Crippen LogP contribution in [0, 0.1) is 5.92 Å². The number of nitrogens with zero attached hydrogens (tertiary/aromatic N) is 4. The van der Waals surface area contributed by atoms with Crippen LogP contribution in [0.25, 0.3) is 5.69 Å². The Hall–Kier alpha value is -3.65. The number of rotatable bonds is 7. The van der Waals surface area contributed by atoms with E-state index in [4.69, 9.17) is 10.5 Å². The third-order valence-corrected chi connectivity index (χ3v) is 8.71.